The van der Waals surface area contributed by atoms with Gasteiger partial charge in [0.05, 0.1) is 0 Å². The van der Waals surface area contributed by atoms with E-state index in [4.69, 9.17) is 0 Å². The molecular formula is C14H25N. The van der Waals surface area contributed by atoms with Gasteiger partial charge in [-0.05, 0) is 36.8 Å². The molecule has 0 aliphatic heterocycles. The number of hydrogen-bond donors (Lipinski definition) is 0. The van der Waals surface area contributed by atoms with Crippen molar-refractivity contribution >= 4 is 0 Å². The van der Waals surface area contributed by atoms with E-state index in [0.29, 0.717) is 0 Å². The van der Waals surface area contributed by atoms with Crippen LogP contribution in [0.25, 0.3) is 0 Å². The third-order valence-corrected chi connectivity index (χ3v) is 3.01. The summed E-state index contributed by atoms with van der Waals surface area (Å²) in [6.07, 6.45) is 6.02. The molecule has 0 aromatic carbocycles. The molecule has 1 heterocycles. The molecule has 1 aromatic rings. The Morgan fingerprint density at radius 1 is 1.27 bits per heavy atom. The Morgan fingerprint density at radius 3 is 2.40 bits per heavy atom. The topological polar surface area (TPSA) is 4.93 Å². The van der Waals surface area contributed by atoms with Gasteiger partial charge in [0.1, 0.15) is 0 Å². The van der Waals surface area contributed by atoms with Crippen molar-refractivity contribution in [2.24, 2.45) is 5.92 Å². The van der Waals surface area contributed by atoms with Gasteiger partial charge in [0.15, 0.2) is 0 Å². The normalized spacial score (nSPS) is 11.3. The molecule has 0 saturated carbocycles. The van der Waals surface area contributed by atoms with Crippen LogP contribution in [0, 0.1) is 12.8 Å². The zero-order chi connectivity index (χ0) is 11.4. The first-order valence-corrected chi connectivity index (χ1v) is 6.27. The molecule has 1 nitrogen and oxygen atoms in total. The standard InChI is InChI=1S/C14H25N/c1-6-8-14-12(5)15(9-11(3)4)10-13(14)7-2/h10-11H,6-9H2,1-5H3. The highest BCUT2D eigenvalue weighted by Gasteiger charge is 2.10. The number of rotatable bonds is 5. The number of aromatic nitrogens is 1. The van der Waals surface area contributed by atoms with E-state index in [1.165, 1.54) is 25.0 Å². The molecule has 0 N–H and O–H groups in total. The predicted molar refractivity (Wildman–Crippen MR) is 67.4 cm³/mol. The fourth-order valence-corrected chi connectivity index (χ4v) is 2.25. The summed E-state index contributed by atoms with van der Waals surface area (Å²) in [6, 6.07) is 0. The molecule has 86 valence electrons. The lowest BCUT2D eigenvalue weighted by Crippen LogP contribution is -2.05. The molecule has 0 aliphatic carbocycles. The van der Waals surface area contributed by atoms with Gasteiger partial charge in [0.25, 0.3) is 0 Å². The Kier molecular flexibility index (Phi) is 4.44. The first-order valence-electron chi connectivity index (χ1n) is 6.27. The van der Waals surface area contributed by atoms with Crippen molar-refractivity contribution in [2.75, 3.05) is 0 Å². The van der Waals surface area contributed by atoms with E-state index in [0.717, 1.165) is 12.5 Å². The van der Waals surface area contributed by atoms with Crippen molar-refractivity contribution < 1.29 is 0 Å². The molecule has 0 atom stereocenters. The SMILES string of the molecule is CCCc1c(CC)cn(CC(C)C)c1C. The molecule has 0 unspecified atom stereocenters. The van der Waals surface area contributed by atoms with Crippen LogP contribution in [-0.4, -0.2) is 4.57 Å². The van der Waals surface area contributed by atoms with Crippen LogP contribution in [0.1, 0.15) is 50.9 Å². The molecule has 0 aliphatic rings. The van der Waals surface area contributed by atoms with Crippen LogP contribution in [0.2, 0.25) is 0 Å². The van der Waals surface area contributed by atoms with E-state index < -0.39 is 0 Å². The second-order valence-corrected chi connectivity index (χ2v) is 4.87. The smallest absolute Gasteiger partial charge is 0.0245 e. The van der Waals surface area contributed by atoms with Crippen molar-refractivity contribution in [3.8, 4) is 0 Å². The first kappa shape index (κ1) is 12.4. The predicted octanol–water partition coefficient (Wildman–Crippen LogP) is 3.97. The lowest BCUT2D eigenvalue weighted by molar-refractivity contribution is 0.515. The molecule has 0 fully saturated rings. The Labute approximate surface area is 94.5 Å². The number of hydrogen-bond acceptors (Lipinski definition) is 0. The fourth-order valence-electron chi connectivity index (χ4n) is 2.25. The molecule has 0 bridgehead atoms. The van der Waals surface area contributed by atoms with Crippen LogP contribution in [0.15, 0.2) is 6.20 Å². The van der Waals surface area contributed by atoms with Crippen LogP contribution in [0.4, 0.5) is 0 Å². The van der Waals surface area contributed by atoms with Crippen molar-refractivity contribution in [2.45, 2.75) is 60.4 Å². The summed E-state index contributed by atoms with van der Waals surface area (Å²) < 4.78 is 2.44. The van der Waals surface area contributed by atoms with Gasteiger partial charge in [0, 0.05) is 18.4 Å². The fraction of sp³-hybridized carbons (Fsp3) is 0.714. The maximum absolute atomic E-state index is 2.44. The van der Waals surface area contributed by atoms with Gasteiger partial charge in [-0.1, -0.05) is 34.1 Å². The second kappa shape index (κ2) is 5.39. The zero-order valence-corrected chi connectivity index (χ0v) is 10.9. The largest absolute Gasteiger partial charge is 0.351 e. The summed E-state index contributed by atoms with van der Waals surface area (Å²) in [4.78, 5) is 0. The highest BCUT2D eigenvalue weighted by Crippen LogP contribution is 2.20. The first-order chi connectivity index (χ1) is 7.10. The zero-order valence-electron chi connectivity index (χ0n) is 10.9. The van der Waals surface area contributed by atoms with Crippen molar-refractivity contribution in [3.05, 3.63) is 23.0 Å². The molecule has 1 rings (SSSR count). The minimum atomic E-state index is 0.732. The highest BCUT2D eigenvalue weighted by atomic mass is 15.0. The third kappa shape index (κ3) is 2.87. The van der Waals surface area contributed by atoms with Crippen molar-refractivity contribution in [1.29, 1.82) is 0 Å². The van der Waals surface area contributed by atoms with Crippen LogP contribution in [-0.2, 0) is 19.4 Å². The summed E-state index contributed by atoms with van der Waals surface area (Å²) in [7, 11) is 0. The Hall–Kier alpha value is -0.720. The van der Waals surface area contributed by atoms with Gasteiger partial charge in [-0.25, -0.2) is 0 Å². The lowest BCUT2D eigenvalue weighted by Gasteiger charge is -2.09. The molecule has 1 heteroatoms. The monoisotopic (exact) mass is 207 g/mol. The van der Waals surface area contributed by atoms with E-state index in [-0.39, 0.29) is 0 Å². The maximum Gasteiger partial charge on any atom is 0.0245 e. The van der Waals surface area contributed by atoms with E-state index in [1.807, 2.05) is 0 Å². The molecule has 0 spiro atoms. The Balaban J connectivity index is 2.98. The Morgan fingerprint density at radius 2 is 1.93 bits per heavy atom. The van der Waals surface area contributed by atoms with E-state index in [1.54, 1.807) is 11.1 Å². The van der Waals surface area contributed by atoms with Gasteiger partial charge in [0.2, 0.25) is 0 Å². The quantitative estimate of drug-likeness (QED) is 0.688. The number of nitrogens with zero attached hydrogens (tertiary/aromatic N) is 1. The molecular weight excluding hydrogens is 182 g/mol. The lowest BCUT2D eigenvalue weighted by atomic mass is 10.0. The highest BCUT2D eigenvalue weighted by molar-refractivity contribution is 5.32. The van der Waals surface area contributed by atoms with Crippen LogP contribution in [0.5, 0.6) is 0 Å². The third-order valence-electron chi connectivity index (χ3n) is 3.01. The molecule has 1 aromatic heterocycles. The molecule has 15 heavy (non-hydrogen) atoms. The summed E-state index contributed by atoms with van der Waals surface area (Å²) in [6.45, 7) is 12.5. The summed E-state index contributed by atoms with van der Waals surface area (Å²) in [5.74, 6) is 0.732. The minimum absolute atomic E-state index is 0.732. The summed E-state index contributed by atoms with van der Waals surface area (Å²) in [5.41, 5.74) is 4.64. The van der Waals surface area contributed by atoms with Gasteiger partial charge in [-0.15, -0.1) is 0 Å². The van der Waals surface area contributed by atoms with Crippen LogP contribution >= 0.6 is 0 Å². The van der Waals surface area contributed by atoms with Gasteiger partial charge < -0.3 is 4.57 Å². The van der Waals surface area contributed by atoms with Gasteiger partial charge in [-0.2, -0.15) is 0 Å². The summed E-state index contributed by atoms with van der Waals surface area (Å²) in [5, 5.41) is 0. The van der Waals surface area contributed by atoms with E-state index in [9.17, 15) is 0 Å². The average Bonchev–Trinajstić information content (AvgIpc) is 2.46. The number of aryl methyl sites for hydroxylation is 1. The van der Waals surface area contributed by atoms with Crippen LogP contribution in [0.3, 0.4) is 0 Å². The van der Waals surface area contributed by atoms with Crippen LogP contribution < -0.4 is 0 Å². The Bertz CT molecular complexity index is 307. The molecule has 0 saturated heterocycles. The van der Waals surface area contributed by atoms with E-state index >= 15 is 0 Å². The second-order valence-electron chi connectivity index (χ2n) is 4.87. The molecule has 0 radical (unpaired) electrons. The average molecular weight is 207 g/mol. The minimum Gasteiger partial charge on any atom is -0.351 e. The maximum atomic E-state index is 2.44. The van der Waals surface area contributed by atoms with Crippen molar-refractivity contribution in [1.82, 2.24) is 4.57 Å². The van der Waals surface area contributed by atoms with E-state index in [2.05, 4.69) is 45.4 Å². The van der Waals surface area contributed by atoms with Gasteiger partial charge in [-0.3, -0.25) is 0 Å². The molecule has 0 amide bonds. The van der Waals surface area contributed by atoms with Gasteiger partial charge >= 0.3 is 0 Å². The summed E-state index contributed by atoms with van der Waals surface area (Å²) >= 11 is 0. The van der Waals surface area contributed by atoms with Crippen molar-refractivity contribution in [3.63, 3.8) is 0 Å².